The number of carboxylic acids is 1. The first kappa shape index (κ1) is 22.2. The van der Waals surface area contributed by atoms with Gasteiger partial charge < -0.3 is 14.6 Å². The van der Waals surface area contributed by atoms with Gasteiger partial charge in [0.1, 0.15) is 11.4 Å². The van der Waals surface area contributed by atoms with E-state index in [9.17, 15) is 23.1 Å². The van der Waals surface area contributed by atoms with Crippen LogP contribution in [-0.4, -0.2) is 38.3 Å². The third-order valence-corrected chi connectivity index (χ3v) is 5.51. The van der Waals surface area contributed by atoms with Gasteiger partial charge in [-0.15, -0.1) is 0 Å². The summed E-state index contributed by atoms with van der Waals surface area (Å²) in [6.45, 7) is 6.26. The molecular formula is C20H23NO7S. The number of carboxylic acid groups (broad SMARTS) is 1. The van der Waals surface area contributed by atoms with Gasteiger partial charge in [-0.1, -0.05) is 12.1 Å². The molecule has 0 fully saturated rings. The molecule has 0 aromatic heterocycles. The summed E-state index contributed by atoms with van der Waals surface area (Å²) in [7, 11) is -3.06. The van der Waals surface area contributed by atoms with Crippen LogP contribution in [-0.2, 0) is 14.8 Å². The molecule has 2 aromatic rings. The number of carbonyl (C=O) groups is 2. The predicted octanol–water partition coefficient (Wildman–Crippen LogP) is 3.83. The minimum absolute atomic E-state index is 0.219. The van der Waals surface area contributed by atoms with Crippen LogP contribution in [0.1, 0.15) is 36.7 Å². The highest BCUT2D eigenvalue weighted by atomic mass is 32.2. The molecule has 2 rings (SSSR count). The topological polar surface area (TPSA) is 110 Å². The first-order chi connectivity index (χ1) is 13.4. The first-order valence-electron chi connectivity index (χ1n) is 8.64. The van der Waals surface area contributed by atoms with E-state index in [0.29, 0.717) is 10.1 Å². The molecule has 0 heterocycles. The van der Waals surface area contributed by atoms with Crippen LogP contribution in [0.5, 0.6) is 5.75 Å². The van der Waals surface area contributed by atoms with Gasteiger partial charge in [-0.3, -0.25) is 0 Å². The number of hydrogen-bond acceptors (Lipinski definition) is 6. The minimum atomic E-state index is -4.49. The number of para-hydroxylation sites is 1. The lowest BCUT2D eigenvalue weighted by Gasteiger charge is -2.28. The zero-order valence-electron chi connectivity index (χ0n) is 16.8. The Labute approximate surface area is 169 Å². The van der Waals surface area contributed by atoms with Crippen LogP contribution in [0.4, 0.5) is 10.5 Å². The van der Waals surface area contributed by atoms with Crippen molar-refractivity contribution in [2.45, 2.75) is 38.2 Å². The summed E-state index contributed by atoms with van der Waals surface area (Å²) in [6, 6.07) is 9.60. The monoisotopic (exact) mass is 421 g/mol. The average Bonchev–Trinajstić information content (AvgIpc) is 2.61. The molecule has 9 heteroatoms. The Hall–Kier alpha value is -3.07. The van der Waals surface area contributed by atoms with E-state index in [2.05, 4.69) is 0 Å². The summed E-state index contributed by atoms with van der Waals surface area (Å²) < 4.78 is 37.5. The number of aromatic carboxylic acids is 1. The molecule has 2 aromatic carbocycles. The number of sulfonamides is 1. The Balaban J connectivity index is 2.75. The van der Waals surface area contributed by atoms with Crippen LogP contribution in [0.2, 0.25) is 0 Å². The van der Waals surface area contributed by atoms with Crippen LogP contribution in [0, 0.1) is 6.92 Å². The smallest absolute Gasteiger partial charge is 0.429 e. The number of hydrogen-bond donors (Lipinski definition) is 1. The molecule has 1 N–H and O–H groups in total. The Morgan fingerprint density at radius 2 is 1.62 bits per heavy atom. The maximum absolute atomic E-state index is 13.4. The SMILES string of the molecule is COc1ccc(S(=O)(=O)N(C(=O)OC(C)(C)C)c2c(C)cccc2C(=O)O)cc1. The maximum Gasteiger partial charge on any atom is 0.429 e. The Kier molecular flexibility index (Phi) is 6.22. The number of aryl methyl sites for hydroxylation is 1. The zero-order chi connectivity index (χ0) is 22.0. The molecule has 0 spiro atoms. The third-order valence-electron chi connectivity index (χ3n) is 3.83. The second kappa shape index (κ2) is 8.12. The predicted molar refractivity (Wildman–Crippen MR) is 107 cm³/mol. The standard InChI is InChI=1S/C20H23NO7S/c1-13-7-6-8-16(18(22)23)17(13)21(19(24)28-20(2,3)4)29(25,26)15-11-9-14(27-5)10-12-15/h6-12H,1-5H3,(H,22,23). The molecule has 0 unspecified atom stereocenters. The number of nitrogens with zero attached hydrogens (tertiary/aromatic N) is 1. The Morgan fingerprint density at radius 3 is 2.10 bits per heavy atom. The van der Waals surface area contributed by atoms with Crippen molar-refractivity contribution in [3.05, 3.63) is 53.6 Å². The van der Waals surface area contributed by atoms with E-state index in [-0.39, 0.29) is 21.7 Å². The Bertz CT molecular complexity index is 1020. The Morgan fingerprint density at radius 1 is 1.03 bits per heavy atom. The van der Waals surface area contributed by atoms with Gasteiger partial charge in [-0.05, 0) is 63.6 Å². The number of benzene rings is 2. The first-order valence-corrected chi connectivity index (χ1v) is 10.1. The normalized spacial score (nSPS) is 11.6. The van der Waals surface area contributed by atoms with Crippen LogP contribution in [0.15, 0.2) is 47.4 Å². The summed E-state index contributed by atoms with van der Waals surface area (Å²) in [5, 5.41) is 9.57. The number of anilines is 1. The van der Waals surface area contributed by atoms with Crippen molar-refractivity contribution >= 4 is 27.8 Å². The van der Waals surface area contributed by atoms with Gasteiger partial charge >= 0.3 is 12.1 Å². The number of methoxy groups -OCH3 is 1. The molecule has 0 atom stereocenters. The summed E-state index contributed by atoms with van der Waals surface area (Å²) in [5.41, 5.74) is -1.33. The minimum Gasteiger partial charge on any atom is -0.497 e. The molecular weight excluding hydrogens is 398 g/mol. The fraction of sp³-hybridized carbons (Fsp3) is 0.300. The largest absolute Gasteiger partial charge is 0.497 e. The van der Waals surface area contributed by atoms with E-state index < -0.39 is 27.7 Å². The van der Waals surface area contributed by atoms with Crippen molar-refractivity contribution in [2.24, 2.45) is 0 Å². The lowest BCUT2D eigenvalue weighted by atomic mass is 10.1. The van der Waals surface area contributed by atoms with Gasteiger partial charge in [0, 0.05) is 0 Å². The van der Waals surface area contributed by atoms with Crippen LogP contribution in [0.25, 0.3) is 0 Å². The molecule has 0 bridgehead atoms. The highest BCUT2D eigenvalue weighted by molar-refractivity contribution is 7.93. The molecule has 0 aliphatic heterocycles. The van der Waals surface area contributed by atoms with Crippen LogP contribution in [0.3, 0.4) is 0 Å². The molecule has 156 valence electrons. The second-order valence-electron chi connectivity index (χ2n) is 7.20. The molecule has 8 nitrogen and oxygen atoms in total. The summed E-state index contributed by atoms with van der Waals surface area (Å²) in [6.07, 6.45) is -1.20. The van der Waals surface area contributed by atoms with E-state index in [4.69, 9.17) is 9.47 Å². The van der Waals surface area contributed by atoms with Crippen molar-refractivity contribution < 1.29 is 32.6 Å². The summed E-state index contributed by atoms with van der Waals surface area (Å²) in [5.74, 6) is -0.947. The highest BCUT2D eigenvalue weighted by Crippen LogP contribution is 2.32. The summed E-state index contributed by atoms with van der Waals surface area (Å²) in [4.78, 5) is 24.5. The number of rotatable bonds is 5. The van der Waals surface area contributed by atoms with Gasteiger partial charge in [0.25, 0.3) is 10.0 Å². The molecule has 0 saturated carbocycles. The van der Waals surface area contributed by atoms with Gasteiger partial charge in [0.2, 0.25) is 0 Å². The van der Waals surface area contributed by atoms with Crippen LogP contribution >= 0.6 is 0 Å². The van der Waals surface area contributed by atoms with Gasteiger partial charge in [-0.2, -0.15) is 4.31 Å². The lowest BCUT2D eigenvalue weighted by Crippen LogP contribution is -2.42. The van der Waals surface area contributed by atoms with Crippen molar-refractivity contribution in [1.29, 1.82) is 0 Å². The van der Waals surface area contributed by atoms with E-state index >= 15 is 0 Å². The lowest BCUT2D eigenvalue weighted by molar-refractivity contribution is 0.0608. The molecule has 0 radical (unpaired) electrons. The third kappa shape index (κ3) is 4.86. The quantitative estimate of drug-likeness (QED) is 0.781. The molecule has 0 aliphatic rings. The van der Waals surface area contributed by atoms with E-state index in [1.165, 1.54) is 56.5 Å². The number of ether oxygens (including phenoxy) is 2. The van der Waals surface area contributed by atoms with Gasteiger partial charge in [0.05, 0.1) is 23.3 Å². The van der Waals surface area contributed by atoms with Gasteiger partial charge in [0.15, 0.2) is 0 Å². The maximum atomic E-state index is 13.4. The second-order valence-corrected chi connectivity index (χ2v) is 8.99. The molecule has 29 heavy (non-hydrogen) atoms. The molecule has 0 aliphatic carbocycles. The van der Waals surface area contributed by atoms with Crippen molar-refractivity contribution in [1.82, 2.24) is 0 Å². The van der Waals surface area contributed by atoms with Crippen molar-refractivity contribution in [3.63, 3.8) is 0 Å². The highest BCUT2D eigenvalue weighted by Gasteiger charge is 2.38. The molecule has 0 saturated heterocycles. The summed E-state index contributed by atoms with van der Waals surface area (Å²) >= 11 is 0. The van der Waals surface area contributed by atoms with E-state index in [1.807, 2.05) is 0 Å². The average molecular weight is 421 g/mol. The fourth-order valence-electron chi connectivity index (χ4n) is 2.57. The zero-order valence-corrected chi connectivity index (χ0v) is 17.6. The van der Waals surface area contributed by atoms with Crippen molar-refractivity contribution in [2.75, 3.05) is 11.4 Å². The van der Waals surface area contributed by atoms with E-state index in [1.54, 1.807) is 20.8 Å². The fourth-order valence-corrected chi connectivity index (χ4v) is 3.97. The van der Waals surface area contributed by atoms with Crippen molar-refractivity contribution in [3.8, 4) is 5.75 Å². The number of carbonyl (C=O) groups excluding carboxylic acids is 1. The molecule has 1 amide bonds. The van der Waals surface area contributed by atoms with E-state index in [0.717, 1.165) is 0 Å². The number of amides is 1. The van der Waals surface area contributed by atoms with Crippen LogP contribution < -0.4 is 9.04 Å². The van der Waals surface area contributed by atoms with Gasteiger partial charge in [-0.25, -0.2) is 18.0 Å².